The van der Waals surface area contributed by atoms with E-state index in [-0.39, 0.29) is 0 Å². The van der Waals surface area contributed by atoms with Crippen LogP contribution in [0.1, 0.15) is 18.2 Å². The molecular weight excluding hydrogens is 286 g/mol. The lowest BCUT2D eigenvalue weighted by atomic mass is 10.1. The van der Waals surface area contributed by atoms with Gasteiger partial charge in [0.15, 0.2) is 0 Å². The summed E-state index contributed by atoms with van der Waals surface area (Å²) in [5, 5.41) is 5.35. The summed E-state index contributed by atoms with van der Waals surface area (Å²) in [7, 11) is 0. The monoisotopic (exact) mass is 305 g/mol. The van der Waals surface area contributed by atoms with Gasteiger partial charge in [0.05, 0.1) is 24.0 Å². The number of hydrogen-bond donors (Lipinski definition) is 1. The Morgan fingerprint density at radius 3 is 2.74 bits per heavy atom. The number of anilines is 1. The predicted octanol–water partition coefficient (Wildman–Crippen LogP) is 4.39. The van der Waals surface area contributed by atoms with Crippen LogP contribution in [0.2, 0.25) is 0 Å². The van der Waals surface area contributed by atoms with Gasteiger partial charge in [-0.05, 0) is 37.6 Å². The Hall–Kier alpha value is -2.88. The first-order valence-corrected chi connectivity index (χ1v) is 7.64. The van der Waals surface area contributed by atoms with Crippen molar-refractivity contribution in [2.75, 3.05) is 12.0 Å². The summed E-state index contributed by atoms with van der Waals surface area (Å²) < 4.78 is 5.54. The van der Waals surface area contributed by atoms with Crippen molar-refractivity contribution >= 4 is 22.8 Å². The molecule has 23 heavy (non-hydrogen) atoms. The van der Waals surface area contributed by atoms with Crippen LogP contribution in [-0.2, 0) is 0 Å². The zero-order valence-corrected chi connectivity index (χ0v) is 13.3. The highest BCUT2D eigenvalue weighted by molar-refractivity contribution is 5.92. The second kappa shape index (κ2) is 6.92. The molecule has 0 saturated carbocycles. The normalized spacial score (nSPS) is 11.0. The number of pyridine rings is 1. The molecule has 0 fully saturated rings. The number of fused-ring (bicyclic) bond motifs is 1. The van der Waals surface area contributed by atoms with Gasteiger partial charge in [-0.1, -0.05) is 30.3 Å². The first-order valence-electron chi connectivity index (χ1n) is 7.64. The molecule has 1 N–H and O–H groups in total. The van der Waals surface area contributed by atoms with Crippen LogP contribution in [0.15, 0.2) is 59.7 Å². The molecule has 0 saturated heterocycles. The molecule has 0 atom stereocenters. The van der Waals surface area contributed by atoms with Crippen molar-refractivity contribution in [1.82, 2.24) is 4.98 Å². The lowest BCUT2D eigenvalue weighted by Crippen LogP contribution is -1.96. The number of nitrogens with one attached hydrogen (secondary N) is 1. The molecule has 0 bridgehead atoms. The number of rotatable bonds is 5. The van der Waals surface area contributed by atoms with Crippen molar-refractivity contribution < 1.29 is 4.74 Å². The van der Waals surface area contributed by atoms with E-state index in [4.69, 9.17) is 4.74 Å². The smallest absolute Gasteiger partial charge is 0.121 e. The van der Waals surface area contributed by atoms with Crippen LogP contribution < -0.4 is 10.2 Å². The number of benzene rings is 2. The molecule has 0 unspecified atom stereocenters. The Morgan fingerprint density at radius 1 is 1.13 bits per heavy atom. The second-order valence-electron chi connectivity index (χ2n) is 5.20. The molecule has 0 radical (unpaired) electrons. The minimum absolute atomic E-state index is 0.643. The molecular formula is C19H19N3O. The van der Waals surface area contributed by atoms with E-state index < -0.39 is 0 Å². The third-order valence-electron chi connectivity index (χ3n) is 3.42. The first kappa shape index (κ1) is 15.0. The molecule has 2 aromatic carbocycles. The van der Waals surface area contributed by atoms with E-state index in [0.717, 1.165) is 33.6 Å². The van der Waals surface area contributed by atoms with Gasteiger partial charge in [-0.25, -0.2) is 0 Å². The van der Waals surface area contributed by atoms with Gasteiger partial charge in [-0.2, -0.15) is 5.10 Å². The van der Waals surface area contributed by atoms with E-state index in [0.29, 0.717) is 6.61 Å². The Labute approximate surface area is 135 Å². The van der Waals surface area contributed by atoms with Gasteiger partial charge in [-0.3, -0.25) is 10.4 Å². The minimum Gasteiger partial charge on any atom is -0.494 e. The summed E-state index contributed by atoms with van der Waals surface area (Å²) in [6, 6.07) is 17.9. The first-order chi connectivity index (χ1) is 11.3. The van der Waals surface area contributed by atoms with Crippen LogP contribution in [0.4, 0.5) is 5.69 Å². The number of nitrogens with zero attached hydrogens (tertiary/aromatic N) is 2. The van der Waals surface area contributed by atoms with E-state index in [1.807, 2.05) is 68.4 Å². The lowest BCUT2D eigenvalue weighted by Gasteiger charge is -2.09. The zero-order chi connectivity index (χ0) is 16.1. The Bertz CT molecular complexity index is 829. The average Bonchev–Trinajstić information content (AvgIpc) is 2.55. The van der Waals surface area contributed by atoms with Gasteiger partial charge < -0.3 is 4.74 Å². The molecule has 3 aromatic rings. The van der Waals surface area contributed by atoms with Crippen LogP contribution in [0.5, 0.6) is 5.75 Å². The zero-order valence-electron chi connectivity index (χ0n) is 13.3. The minimum atomic E-state index is 0.643. The molecule has 3 rings (SSSR count). The third-order valence-corrected chi connectivity index (χ3v) is 3.42. The molecule has 0 aliphatic rings. The topological polar surface area (TPSA) is 46.5 Å². The fraction of sp³-hybridized carbons (Fsp3) is 0.158. The standard InChI is InChI=1S/C19H19N3O/c1-3-23-16-9-10-17-18(12-16)21-14(2)11-19(17)22-20-13-15-7-5-4-6-8-15/h4-13H,3H2,1-2H3,(H,21,22)/b20-13+. The number of hydrogen-bond acceptors (Lipinski definition) is 4. The largest absolute Gasteiger partial charge is 0.494 e. The molecule has 0 spiro atoms. The van der Waals surface area contributed by atoms with Crippen LogP contribution in [-0.4, -0.2) is 17.8 Å². The van der Waals surface area contributed by atoms with Crippen molar-refractivity contribution in [3.05, 3.63) is 65.9 Å². The van der Waals surface area contributed by atoms with Crippen LogP contribution >= 0.6 is 0 Å². The fourth-order valence-corrected chi connectivity index (χ4v) is 2.41. The quantitative estimate of drug-likeness (QED) is 0.562. The molecule has 1 heterocycles. The summed E-state index contributed by atoms with van der Waals surface area (Å²) in [4.78, 5) is 4.57. The molecule has 1 aromatic heterocycles. The van der Waals surface area contributed by atoms with Crippen molar-refractivity contribution in [3.63, 3.8) is 0 Å². The number of aromatic nitrogens is 1. The SMILES string of the molecule is CCOc1ccc2c(N/N=C/c3ccccc3)cc(C)nc2c1. The van der Waals surface area contributed by atoms with Gasteiger partial charge in [-0.15, -0.1) is 0 Å². The van der Waals surface area contributed by atoms with E-state index >= 15 is 0 Å². The van der Waals surface area contributed by atoms with Crippen molar-refractivity contribution in [2.24, 2.45) is 5.10 Å². The molecule has 4 heteroatoms. The molecule has 0 aliphatic carbocycles. The highest BCUT2D eigenvalue weighted by Gasteiger charge is 2.05. The van der Waals surface area contributed by atoms with E-state index in [1.54, 1.807) is 6.21 Å². The van der Waals surface area contributed by atoms with Crippen molar-refractivity contribution in [1.29, 1.82) is 0 Å². The predicted molar refractivity (Wildman–Crippen MR) is 95.3 cm³/mol. The van der Waals surface area contributed by atoms with Gasteiger partial charge in [0.25, 0.3) is 0 Å². The fourth-order valence-electron chi connectivity index (χ4n) is 2.41. The van der Waals surface area contributed by atoms with Crippen molar-refractivity contribution in [3.8, 4) is 5.75 Å². The maximum atomic E-state index is 5.54. The number of aryl methyl sites for hydroxylation is 1. The van der Waals surface area contributed by atoms with Gasteiger partial charge in [0.1, 0.15) is 5.75 Å². The van der Waals surface area contributed by atoms with Crippen LogP contribution in [0, 0.1) is 6.92 Å². The number of hydrazone groups is 1. The van der Waals surface area contributed by atoms with Crippen molar-refractivity contribution in [2.45, 2.75) is 13.8 Å². The average molecular weight is 305 g/mol. The molecule has 0 amide bonds. The maximum Gasteiger partial charge on any atom is 0.121 e. The van der Waals surface area contributed by atoms with Gasteiger partial charge in [0.2, 0.25) is 0 Å². The summed E-state index contributed by atoms with van der Waals surface area (Å²) in [5.74, 6) is 0.830. The Balaban J connectivity index is 1.89. The summed E-state index contributed by atoms with van der Waals surface area (Å²) in [6.45, 7) is 4.59. The molecule has 4 nitrogen and oxygen atoms in total. The summed E-state index contributed by atoms with van der Waals surface area (Å²) >= 11 is 0. The number of ether oxygens (including phenoxy) is 1. The van der Waals surface area contributed by atoms with Crippen LogP contribution in [0.3, 0.4) is 0 Å². The van der Waals surface area contributed by atoms with Gasteiger partial charge in [0, 0.05) is 17.1 Å². The molecule has 116 valence electrons. The van der Waals surface area contributed by atoms with Gasteiger partial charge >= 0.3 is 0 Å². The molecule has 0 aliphatic heterocycles. The summed E-state index contributed by atoms with van der Waals surface area (Å²) in [6.07, 6.45) is 1.80. The van der Waals surface area contributed by atoms with E-state index in [1.165, 1.54) is 0 Å². The Kier molecular flexibility index (Phi) is 4.52. The highest BCUT2D eigenvalue weighted by atomic mass is 16.5. The highest BCUT2D eigenvalue weighted by Crippen LogP contribution is 2.26. The third kappa shape index (κ3) is 3.66. The van der Waals surface area contributed by atoms with E-state index in [9.17, 15) is 0 Å². The summed E-state index contributed by atoms with van der Waals surface area (Å²) in [5.41, 5.74) is 6.93. The lowest BCUT2D eigenvalue weighted by molar-refractivity contribution is 0.340. The maximum absolute atomic E-state index is 5.54. The Morgan fingerprint density at radius 2 is 1.96 bits per heavy atom. The van der Waals surface area contributed by atoms with Crippen LogP contribution in [0.25, 0.3) is 10.9 Å². The second-order valence-corrected chi connectivity index (χ2v) is 5.20. The van der Waals surface area contributed by atoms with E-state index in [2.05, 4.69) is 15.5 Å².